The molecule has 0 aromatic rings. The van der Waals surface area contributed by atoms with Crippen LogP contribution < -0.4 is 10.6 Å². The summed E-state index contributed by atoms with van der Waals surface area (Å²) in [6, 6.07) is 0.606. The van der Waals surface area contributed by atoms with Crippen molar-refractivity contribution in [1.29, 1.82) is 0 Å². The summed E-state index contributed by atoms with van der Waals surface area (Å²) >= 11 is 0. The first-order chi connectivity index (χ1) is 7.56. The molecule has 1 saturated heterocycles. The Morgan fingerprint density at radius 3 is 2.50 bits per heavy atom. The number of hydrogen-bond donors (Lipinski definition) is 2. The van der Waals surface area contributed by atoms with Gasteiger partial charge in [-0.1, -0.05) is 0 Å². The van der Waals surface area contributed by atoms with Gasteiger partial charge < -0.3 is 15.4 Å². The Labute approximate surface area is 99.3 Å². The third-order valence-corrected chi connectivity index (χ3v) is 3.41. The summed E-state index contributed by atoms with van der Waals surface area (Å²) in [4.78, 5) is 0. The first-order valence-electron chi connectivity index (χ1n) is 6.66. The second-order valence-electron chi connectivity index (χ2n) is 6.20. The van der Waals surface area contributed by atoms with Crippen molar-refractivity contribution in [2.75, 3.05) is 19.7 Å². The van der Waals surface area contributed by atoms with E-state index in [0.717, 1.165) is 25.6 Å². The van der Waals surface area contributed by atoms with Crippen LogP contribution in [0.15, 0.2) is 0 Å². The van der Waals surface area contributed by atoms with E-state index in [9.17, 15) is 0 Å². The van der Waals surface area contributed by atoms with E-state index in [1.807, 2.05) is 0 Å². The monoisotopic (exact) mass is 226 g/mol. The fourth-order valence-electron chi connectivity index (χ4n) is 2.41. The Kier molecular flexibility index (Phi) is 3.88. The Morgan fingerprint density at radius 1 is 1.12 bits per heavy atom. The van der Waals surface area contributed by atoms with Crippen LogP contribution in [-0.4, -0.2) is 37.4 Å². The molecule has 2 atom stereocenters. The van der Waals surface area contributed by atoms with Gasteiger partial charge in [-0.3, -0.25) is 0 Å². The lowest BCUT2D eigenvalue weighted by Gasteiger charge is -2.23. The second kappa shape index (κ2) is 5.03. The largest absolute Gasteiger partial charge is 0.376 e. The van der Waals surface area contributed by atoms with Crippen LogP contribution in [0.3, 0.4) is 0 Å². The molecule has 0 amide bonds. The maximum absolute atomic E-state index is 5.80. The van der Waals surface area contributed by atoms with E-state index >= 15 is 0 Å². The van der Waals surface area contributed by atoms with Crippen molar-refractivity contribution in [1.82, 2.24) is 10.6 Å². The molecule has 3 nitrogen and oxygen atoms in total. The fourth-order valence-corrected chi connectivity index (χ4v) is 2.41. The molecule has 0 aromatic heterocycles. The van der Waals surface area contributed by atoms with Crippen LogP contribution in [0.5, 0.6) is 0 Å². The molecule has 2 fully saturated rings. The summed E-state index contributed by atoms with van der Waals surface area (Å²) in [5.74, 6) is 0.857. The molecule has 2 aliphatic rings. The molecule has 94 valence electrons. The minimum absolute atomic E-state index is 0.226. The van der Waals surface area contributed by atoms with E-state index in [2.05, 4.69) is 31.4 Å². The summed E-state index contributed by atoms with van der Waals surface area (Å²) in [7, 11) is 0. The Hall–Kier alpha value is -0.120. The molecule has 0 aromatic carbocycles. The first kappa shape index (κ1) is 12.3. The molecule has 3 heteroatoms. The van der Waals surface area contributed by atoms with Gasteiger partial charge in [-0.05, 0) is 46.0 Å². The van der Waals surface area contributed by atoms with Gasteiger partial charge in [-0.15, -0.1) is 0 Å². The van der Waals surface area contributed by atoms with Crippen LogP contribution >= 0.6 is 0 Å². The Morgan fingerprint density at radius 2 is 1.88 bits per heavy atom. The zero-order chi connectivity index (χ0) is 11.6. The standard InChI is InChI=1S/C13H26N2O/c1-13(2,3)15-8-7-14-11-6-9-16-12(11)10-4-5-10/h10-12,14-15H,4-9H2,1-3H3. The van der Waals surface area contributed by atoms with Crippen molar-refractivity contribution in [2.24, 2.45) is 5.92 Å². The SMILES string of the molecule is CC(C)(C)NCCNC1CCOC1C1CC1. The highest BCUT2D eigenvalue weighted by molar-refractivity contribution is 4.93. The summed E-state index contributed by atoms with van der Waals surface area (Å²) < 4.78 is 5.80. The van der Waals surface area contributed by atoms with Crippen LogP contribution in [0, 0.1) is 5.92 Å². The molecular formula is C13H26N2O. The molecule has 0 spiro atoms. The van der Waals surface area contributed by atoms with Gasteiger partial charge in [0.05, 0.1) is 6.10 Å². The van der Waals surface area contributed by atoms with E-state index in [-0.39, 0.29) is 5.54 Å². The van der Waals surface area contributed by atoms with Gasteiger partial charge in [0.2, 0.25) is 0 Å². The lowest BCUT2D eigenvalue weighted by Crippen LogP contribution is -2.44. The first-order valence-corrected chi connectivity index (χ1v) is 6.66. The molecule has 2 rings (SSSR count). The van der Waals surface area contributed by atoms with E-state index in [4.69, 9.17) is 4.74 Å². The van der Waals surface area contributed by atoms with E-state index < -0.39 is 0 Å². The van der Waals surface area contributed by atoms with Gasteiger partial charge in [0.25, 0.3) is 0 Å². The summed E-state index contributed by atoms with van der Waals surface area (Å²) in [6.45, 7) is 9.66. The fraction of sp³-hybridized carbons (Fsp3) is 1.00. The summed E-state index contributed by atoms with van der Waals surface area (Å²) in [5, 5.41) is 7.14. The van der Waals surface area contributed by atoms with E-state index in [1.165, 1.54) is 19.3 Å². The van der Waals surface area contributed by atoms with Gasteiger partial charge in [0.15, 0.2) is 0 Å². The number of ether oxygens (including phenoxy) is 1. The maximum atomic E-state index is 5.80. The van der Waals surface area contributed by atoms with Crippen LogP contribution in [-0.2, 0) is 4.74 Å². The van der Waals surface area contributed by atoms with Crippen LogP contribution in [0.25, 0.3) is 0 Å². The smallest absolute Gasteiger partial charge is 0.0756 e. The summed E-state index contributed by atoms with van der Waals surface area (Å²) in [6.07, 6.45) is 4.46. The van der Waals surface area contributed by atoms with Gasteiger partial charge in [0, 0.05) is 31.3 Å². The molecule has 1 heterocycles. The van der Waals surface area contributed by atoms with Crippen LogP contribution in [0.4, 0.5) is 0 Å². The quantitative estimate of drug-likeness (QED) is 0.698. The average molecular weight is 226 g/mol. The van der Waals surface area contributed by atoms with Gasteiger partial charge >= 0.3 is 0 Å². The second-order valence-corrected chi connectivity index (χ2v) is 6.20. The zero-order valence-electron chi connectivity index (χ0n) is 10.9. The normalized spacial score (nSPS) is 30.9. The average Bonchev–Trinajstić information content (AvgIpc) is 2.92. The van der Waals surface area contributed by atoms with Crippen molar-refractivity contribution in [3.05, 3.63) is 0 Å². The predicted molar refractivity (Wildman–Crippen MR) is 66.6 cm³/mol. The minimum atomic E-state index is 0.226. The van der Waals surface area contributed by atoms with Crippen molar-refractivity contribution in [2.45, 2.75) is 57.7 Å². The van der Waals surface area contributed by atoms with Gasteiger partial charge in [0.1, 0.15) is 0 Å². The lowest BCUT2D eigenvalue weighted by atomic mass is 10.1. The van der Waals surface area contributed by atoms with E-state index in [0.29, 0.717) is 12.1 Å². The zero-order valence-corrected chi connectivity index (χ0v) is 10.9. The molecule has 2 unspecified atom stereocenters. The van der Waals surface area contributed by atoms with Gasteiger partial charge in [-0.2, -0.15) is 0 Å². The molecular weight excluding hydrogens is 200 g/mol. The lowest BCUT2D eigenvalue weighted by molar-refractivity contribution is 0.0812. The highest BCUT2D eigenvalue weighted by atomic mass is 16.5. The highest BCUT2D eigenvalue weighted by Gasteiger charge is 2.40. The van der Waals surface area contributed by atoms with Gasteiger partial charge in [-0.25, -0.2) is 0 Å². The molecule has 2 N–H and O–H groups in total. The molecule has 1 saturated carbocycles. The molecule has 0 radical (unpaired) electrons. The minimum Gasteiger partial charge on any atom is -0.376 e. The van der Waals surface area contributed by atoms with Crippen molar-refractivity contribution < 1.29 is 4.74 Å². The van der Waals surface area contributed by atoms with Crippen molar-refractivity contribution in [3.8, 4) is 0 Å². The van der Waals surface area contributed by atoms with Crippen molar-refractivity contribution in [3.63, 3.8) is 0 Å². The number of nitrogens with one attached hydrogen (secondary N) is 2. The molecule has 0 bridgehead atoms. The molecule has 1 aliphatic carbocycles. The third-order valence-electron chi connectivity index (χ3n) is 3.41. The molecule has 16 heavy (non-hydrogen) atoms. The van der Waals surface area contributed by atoms with Crippen LogP contribution in [0.1, 0.15) is 40.0 Å². The highest BCUT2D eigenvalue weighted by Crippen LogP contribution is 2.38. The topological polar surface area (TPSA) is 33.3 Å². The number of rotatable bonds is 5. The number of hydrogen-bond acceptors (Lipinski definition) is 3. The predicted octanol–water partition coefficient (Wildman–Crippen LogP) is 1.53. The Balaban J connectivity index is 1.62. The summed E-state index contributed by atoms with van der Waals surface area (Å²) in [5.41, 5.74) is 0.226. The van der Waals surface area contributed by atoms with E-state index in [1.54, 1.807) is 0 Å². The molecule has 1 aliphatic heterocycles. The maximum Gasteiger partial charge on any atom is 0.0756 e. The Bertz CT molecular complexity index is 220. The van der Waals surface area contributed by atoms with Crippen LogP contribution in [0.2, 0.25) is 0 Å². The third kappa shape index (κ3) is 3.72. The van der Waals surface area contributed by atoms with Crippen molar-refractivity contribution >= 4 is 0 Å².